The van der Waals surface area contributed by atoms with Gasteiger partial charge in [0.05, 0.1) is 6.61 Å². The van der Waals surface area contributed by atoms with Crippen molar-refractivity contribution < 1.29 is 14.7 Å². The molecule has 1 aromatic rings. The van der Waals surface area contributed by atoms with Crippen LogP contribution < -0.4 is 5.73 Å². The first-order chi connectivity index (χ1) is 9.56. The molecule has 0 radical (unpaired) electrons. The molecular formula is C15H22N2O3. The summed E-state index contributed by atoms with van der Waals surface area (Å²) in [5, 5.41) is 9.46. The highest BCUT2D eigenvalue weighted by Gasteiger charge is 2.20. The van der Waals surface area contributed by atoms with Crippen LogP contribution in [0.4, 0.5) is 0 Å². The van der Waals surface area contributed by atoms with Crippen molar-refractivity contribution in [2.24, 2.45) is 5.73 Å². The van der Waals surface area contributed by atoms with E-state index in [2.05, 4.69) is 0 Å². The van der Waals surface area contributed by atoms with Crippen molar-refractivity contribution in [1.82, 2.24) is 4.90 Å². The molecule has 1 rings (SSSR count). The van der Waals surface area contributed by atoms with E-state index in [1.54, 1.807) is 17.0 Å². The molecule has 1 aromatic carbocycles. The molecule has 2 amide bonds. The van der Waals surface area contributed by atoms with Crippen LogP contribution in [0.3, 0.4) is 0 Å². The maximum Gasteiger partial charge on any atom is 0.254 e. The number of hydrogen-bond donors (Lipinski definition) is 2. The summed E-state index contributed by atoms with van der Waals surface area (Å²) in [5.74, 6) is -0.804. The number of amides is 2. The zero-order valence-electron chi connectivity index (χ0n) is 12.1. The van der Waals surface area contributed by atoms with E-state index in [1.807, 2.05) is 13.8 Å². The molecule has 0 aliphatic carbocycles. The minimum Gasteiger partial charge on any atom is -0.392 e. The molecule has 0 aromatic heterocycles. The molecule has 20 heavy (non-hydrogen) atoms. The minimum absolute atomic E-state index is 0.166. The van der Waals surface area contributed by atoms with E-state index in [1.165, 1.54) is 6.07 Å². The van der Waals surface area contributed by atoms with Gasteiger partial charge in [-0.05, 0) is 25.0 Å². The van der Waals surface area contributed by atoms with Crippen LogP contribution in [0.5, 0.6) is 0 Å². The van der Waals surface area contributed by atoms with Crippen molar-refractivity contribution >= 4 is 11.8 Å². The van der Waals surface area contributed by atoms with Gasteiger partial charge in [-0.3, -0.25) is 9.59 Å². The Balaban J connectivity index is 3.20. The van der Waals surface area contributed by atoms with Crippen molar-refractivity contribution in [3.8, 4) is 0 Å². The Morgan fingerprint density at radius 2 is 1.70 bits per heavy atom. The fraction of sp³-hybridized carbons (Fsp3) is 0.467. The Morgan fingerprint density at radius 3 is 2.15 bits per heavy atom. The average Bonchev–Trinajstić information content (AvgIpc) is 2.45. The van der Waals surface area contributed by atoms with E-state index in [-0.39, 0.29) is 18.1 Å². The lowest BCUT2D eigenvalue weighted by molar-refractivity contribution is 0.0752. The second-order valence-electron chi connectivity index (χ2n) is 4.65. The van der Waals surface area contributed by atoms with Crippen molar-refractivity contribution in [3.05, 3.63) is 34.9 Å². The zero-order valence-corrected chi connectivity index (χ0v) is 12.1. The largest absolute Gasteiger partial charge is 0.392 e. The van der Waals surface area contributed by atoms with Crippen LogP contribution in [-0.2, 0) is 6.61 Å². The van der Waals surface area contributed by atoms with Gasteiger partial charge in [-0.15, -0.1) is 0 Å². The predicted octanol–water partition coefficient (Wildman–Crippen LogP) is 1.54. The van der Waals surface area contributed by atoms with E-state index < -0.39 is 5.91 Å². The number of rotatable bonds is 7. The van der Waals surface area contributed by atoms with Crippen molar-refractivity contribution in [3.63, 3.8) is 0 Å². The summed E-state index contributed by atoms with van der Waals surface area (Å²) in [4.78, 5) is 25.6. The number of carbonyl (C=O) groups excluding carboxylic acids is 2. The Labute approximate surface area is 119 Å². The van der Waals surface area contributed by atoms with E-state index in [0.717, 1.165) is 12.8 Å². The predicted molar refractivity (Wildman–Crippen MR) is 77.4 cm³/mol. The summed E-state index contributed by atoms with van der Waals surface area (Å²) in [5.41, 5.74) is 6.14. The zero-order chi connectivity index (χ0) is 15.1. The molecule has 110 valence electrons. The fourth-order valence-electron chi connectivity index (χ4n) is 2.21. The Kier molecular flexibility index (Phi) is 6.18. The second-order valence-corrected chi connectivity index (χ2v) is 4.65. The van der Waals surface area contributed by atoms with Crippen molar-refractivity contribution in [2.45, 2.75) is 33.3 Å². The normalized spacial score (nSPS) is 10.3. The molecule has 0 saturated heterocycles. The quantitative estimate of drug-likeness (QED) is 0.793. The van der Waals surface area contributed by atoms with E-state index in [0.29, 0.717) is 24.2 Å². The number of benzene rings is 1. The number of aliphatic hydroxyl groups is 1. The van der Waals surface area contributed by atoms with E-state index in [4.69, 9.17) is 5.73 Å². The van der Waals surface area contributed by atoms with Crippen LogP contribution in [-0.4, -0.2) is 34.9 Å². The van der Waals surface area contributed by atoms with Crippen molar-refractivity contribution in [2.75, 3.05) is 13.1 Å². The van der Waals surface area contributed by atoms with Crippen LogP contribution in [0.2, 0.25) is 0 Å². The first-order valence-corrected chi connectivity index (χ1v) is 6.88. The first kappa shape index (κ1) is 16.2. The maximum absolute atomic E-state index is 12.5. The Bertz CT molecular complexity index is 480. The molecule has 0 unspecified atom stereocenters. The van der Waals surface area contributed by atoms with Crippen LogP contribution >= 0.6 is 0 Å². The highest BCUT2D eigenvalue weighted by molar-refractivity contribution is 6.01. The van der Waals surface area contributed by atoms with Crippen LogP contribution in [0.15, 0.2) is 18.2 Å². The maximum atomic E-state index is 12.5. The second kappa shape index (κ2) is 7.65. The molecule has 3 N–H and O–H groups in total. The smallest absolute Gasteiger partial charge is 0.254 e. The monoisotopic (exact) mass is 278 g/mol. The van der Waals surface area contributed by atoms with Gasteiger partial charge in [-0.1, -0.05) is 19.9 Å². The molecule has 0 aliphatic heterocycles. The van der Waals surface area contributed by atoms with Crippen LogP contribution in [0.1, 0.15) is 53.0 Å². The lowest BCUT2D eigenvalue weighted by Crippen LogP contribution is -2.33. The molecule has 0 atom stereocenters. The van der Waals surface area contributed by atoms with Gasteiger partial charge in [-0.25, -0.2) is 0 Å². The van der Waals surface area contributed by atoms with Gasteiger partial charge in [-0.2, -0.15) is 0 Å². The molecule has 5 nitrogen and oxygen atoms in total. The third-order valence-corrected chi connectivity index (χ3v) is 3.10. The summed E-state index contributed by atoms with van der Waals surface area (Å²) in [6.07, 6.45) is 1.71. The van der Waals surface area contributed by atoms with Crippen LogP contribution in [0.25, 0.3) is 0 Å². The number of hydrogen-bond acceptors (Lipinski definition) is 3. The minimum atomic E-state index is -0.638. The first-order valence-electron chi connectivity index (χ1n) is 6.88. The number of nitrogens with two attached hydrogens (primary N) is 1. The summed E-state index contributed by atoms with van der Waals surface area (Å²) in [6.45, 7) is 4.93. The molecule has 0 saturated carbocycles. The molecular weight excluding hydrogens is 256 g/mol. The van der Waals surface area contributed by atoms with Gasteiger partial charge in [0.15, 0.2) is 0 Å². The highest BCUT2D eigenvalue weighted by atomic mass is 16.3. The molecule has 0 bridgehead atoms. The van der Waals surface area contributed by atoms with Crippen LogP contribution in [0, 0.1) is 0 Å². The Morgan fingerprint density at radius 1 is 1.15 bits per heavy atom. The summed E-state index contributed by atoms with van der Waals surface area (Å²) < 4.78 is 0. The van der Waals surface area contributed by atoms with Gasteiger partial charge in [0.25, 0.3) is 5.91 Å². The van der Waals surface area contributed by atoms with E-state index >= 15 is 0 Å². The van der Waals surface area contributed by atoms with Gasteiger partial charge < -0.3 is 15.7 Å². The number of nitrogens with zero attached hydrogens (tertiary/aromatic N) is 1. The summed E-state index contributed by atoms with van der Waals surface area (Å²) in [7, 11) is 0. The molecule has 0 aliphatic rings. The van der Waals surface area contributed by atoms with Gasteiger partial charge in [0.1, 0.15) is 0 Å². The SMILES string of the molecule is CCCN(CCC)C(=O)c1cccc(C(N)=O)c1CO. The van der Waals surface area contributed by atoms with E-state index in [9.17, 15) is 14.7 Å². The molecule has 0 heterocycles. The van der Waals surface area contributed by atoms with Gasteiger partial charge in [0.2, 0.25) is 5.91 Å². The Hall–Kier alpha value is -1.88. The molecule has 0 fully saturated rings. The third kappa shape index (κ3) is 3.57. The molecule has 5 heteroatoms. The number of primary amides is 1. The third-order valence-electron chi connectivity index (χ3n) is 3.10. The standard InChI is InChI=1S/C15H22N2O3/c1-3-8-17(9-4-2)15(20)12-7-5-6-11(14(16)19)13(12)10-18/h5-7,18H,3-4,8-10H2,1-2H3,(H2,16,19). The number of carbonyl (C=O) groups is 2. The average molecular weight is 278 g/mol. The lowest BCUT2D eigenvalue weighted by Gasteiger charge is -2.23. The highest BCUT2D eigenvalue weighted by Crippen LogP contribution is 2.17. The lowest BCUT2D eigenvalue weighted by atomic mass is 10.00. The topological polar surface area (TPSA) is 83.6 Å². The van der Waals surface area contributed by atoms with Gasteiger partial charge >= 0.3 is 0 Å². The molecule has 0 spiro atoms. The van der Waals surface area contributed by atoms with Crippen molar-refractivity contribution in [1.29, 1.82) is 0 Å². The summed E-state index contributed by atoms with van der Waals surface area (Å²) in [6, 6.07) is 4.76. The fourth-order valence-corrected chi connectivity index (χ4v) is 2.21. The summed E-state index contributed by atoms with van der Waals surface area (Å²) >= 11 is 0. The number of aliphatic hydroxyl groups excluding tert-OH is 1. The van der Waals surface area contributed by atoms with Gasteiger partial charge in [0, 0.05) is 29.8 Å².